The van der Waals surface area contributed by atoms with Crippen molar-refractivity contribution in [3.63, 3.8) is 0 Å². The average molecular weight is 323 g/mol. The predicted molar refractivity (Wildman–Crippen MR) is 84.6 cm³/mol. The molecule has 0 aromatic carbocycles. The summed E-state index contributed by atoms with van der Waals surface area (Å²) >= 11 is 0. The Balaban J connectivity index is 2.42. The maximum atomic E-state index is 12.5. The summed E-state index contributed by atoms with van der Waals surface area (Å²) in [5.74, 6) is -0.904. The molecule has 0 bridgehead atoms. The molecule has 0 saturated carbocycles. The summed E-state index contributed by atoms with van der Waals surface area (Å²) in [6, 6.07) is 0. The maximum absolute atomic E-state index is 12.5. The number of allylic oxidation sites excluding steroid dienone is 2. The lowest BCUT2D eigenvalue weighted by Gasteiger charge is -2.32. The highest BCUT2D eigenvalue weighted by Crippen LogP contribution is 2.29. The van der Waals surface area contributed by atoms with Gasteiger partial charge in [0.05, 0.1) is 37.6 Å². The van der Waals surface area contributed by atoms with E-state index in [1.54, 1.807) is 19.9 Å². The van der Waals surface area contributed by atoms with Crippen molar-refractivity contribution < 1.29 is 23.8 Å². The van der Waals surface area contributed by atoms with Crippen LogP contribution in [-0.4, -0.2) is 56.4 Å². The van der Waals surface area contributed by atoms with E-state index >= 15 is 0 Å². The van der Waals surface area contributed by atoms with Crippen LogP contribution in [0.5, 0.6) is 0 Å². The van der Waals surface area contributed by atoms with Crippen molar-refractivity contribution in [1.82, 2.24) is 4.90 Å². The van der Waals surface area contributed by atoms with E-state index in [9.17, 15) is 9.59 Å². The van der Waals surface area contributed by atoms with E-state index in [2.05, 4.69) is 4.90 Å². The zero-order chi connectivity index (χ0) is 16.7. The van der Waals surface area contributed by atoms with E-state index < -0.39 is 11.9 Å². The first-order valence-electron chi connectivity index (χ1n) is 8.29. The average Bonchev–Trinajstić information content (AvgIpc) is 2.79. The molecule has 1 aliphatic heterocycles. The summed E-state index contributed by atoms with van der Waals surface area (Å²) < 4.78 is 15.7. The molecule has 0 unspecified atom stereocenters. The molecule has 0 spiro atoms. The molecule has 1 fully saturated rings. The van der Waals surface area contributed by atoms with Crippen LogP contribution in [0.4, 0.5) is 0 Å². The Labute approximate surface area is 137 Å². The minimum Gasteiger partial charge on any atom is -0.462 e. The first-order valence-corrected chi connectivity index (χ1v) is 8.29. The second-order valence-electron chi connectivity index (χ2n) is 5.37. The zero-order valence-corrected chi connectivity index (χ0v) is 13.9. The molecular formula is C17H25NO5. The molecular weight excluding hydrogens is 298 g/mol. The first kappa shape index (κ1) is 17.5. The Morgan fingerprint density at radius 2 is 1.78 bits per heavy atom. The fourth-order valence-electron chi connectivity index (χ4n) is 2.87. The molecule has 2 rings (SSSR count). The lowest BCUT2D eigenvalue weighted by molar-refractivity contribution is -0.142. The second kappa shape index (κ2) is 8.72. The third kappa shape index (κ3) is 4.34. The summed E-state index contributed by atoms with van der Waals surface area (Å²) in [4.78, 5) is 27.0. The van der Waals surface area contributed by atoms with E-state index in [0.717, 1.165) is 25.0 Å². The summed E-state index contributed by atoms with van der Waals surface area (Å²) in [6.45, 7) is 6.75. The lowest BCUT2D eigenvalue weighted by atomic mass is 10.0. The largest absolute Gasteiger partial charge is 0.462 e. The van der Waals surface area contributed by atoms with Crippen molar-refractivity contribution in [2.45, 2.75) is 33.1 Å². The molecule has 1 saturated heterocycles. The minimum atomic E-state index is -0.455. The van der Waals surface area contributed by atoms with Crippen molar-refractivity contribution >= 4 is 11.9 Å². The highest BCUT2D eigenvalue weighted by molar-refractivity contribution is 6.07. The van der Waals surface area contributed by atoms with Crippen molar-refractivity contribution in [2.75, 3.05) is 39.5 Å². The smallest absolute Gasteiger partial charge is 0.340 e. The van der Waals surface area contributed by atoms with E-state index in [-0.39, 0.29) is 13.2 Å². The van der Waals surface area contributed by atoms with Gasteiger partial charge in [0.25, 0.3) is 0 Å². The van der Waals surface area contributed by atoms with Crippen LogP contribution in [0.15, 0.2) is 22.9 Å². The molecule has 0 radical (unpaired) electrons. The number of nitrogens with zero attached hydrogens (tertiary/aromatic N) is 1. The van der Waals surface area contributed by atoms with E-state index in [1.807, 2.05) is 0 Å². The number of ether oxygens (including phenoxy) is 3. The SMILES string of the molecule is CCOC(=O)C1=CCCCC(N2CCOCC2)=C1C(=O)OCC. The van der Waals surface area contributed by atoms with Crippen molar-refractivity contribution in [1.29, 1.82) is 0 Å². The van der Waals surface area contributed by atoms with Gasteiger partial charge in [0.2, 0.25) is 0 Å². The molecule has 0 aromatic heterocycles. The Morgan fingerprint density at radius 3 is 2.43 bits per heavy atom. The Morgan fingerprint density at radius 1 is 1.13 bits per heavy atom. The molecule has 1 heterocycles. The molecule has 128 valence electrons. The van der Waals surface area contributed by atoms with Crippen molar-refractivity contribution in [2.24, 2.45) is 0 Å². The van der Waals surface area contributed by atoms with Crippen LogP contribution in [0, 0.1) is 0 Å². The van der Waals surface area contributed by atoms with Gasteiger partial charge in [0, 0.05) is 18.8 Å². The lowest BCUT2D eigenvalue weighted by Crippen LogP contribution is -2.37. The van der Waals surface area contributed by atoms with Gasteiger partial charge < -0.3 is 19.1 Å². The van der Waals surface area contributed by atoms with E-state index in [0.29, 0.717) is 37.4 Å². The molecule has 2 aliphatic rings. The Hall–Kier alpha value is -1.82. The van der Waals surface area contributed by atoms with E-state index in [1.165, 1.54) is 0 Å². The fraction of sp³-hybridized carbons (Fsp3) is 0.647. The normalized spacial score (nSPS) is 19.0. The zero-order valence-electron chi connectivity index (χ0n) is 13.9. The number of esters is 2. The summed E-state index contributed by atoms with van der Waals surface area (Å²) in [7, 11) is 0. The van der Waals surface area contributed by atoms with Gasteiger partial charge in [0.1, 0.15) is 0 Å². The standard InChI is InChI=1S/C17H25NO5/c1-3-22-16(19)13-7-5-6-8-14(15(13)17(20)23-4-2)18-9-11-21-12-10-18/h7H,3-6,8-12H2,1-2H3. The highest BCUT2D eigenvalue weighted by Gasteiger charge is 2.31. The van der Waals surface area contributed by atoms with Gasteiger partial charge in [-0.15, -0.1) is 0 Å². The van der Waals surface area contributed by atoms with Crippen LogP contribution >= 0.6 is 0 Å². The molecule has 0 aromatic rings. The Bertz CT molecular complexity index is 503. The number of rotatable bonds is 5. The molecule has 1 aliphatic carbocycles. The van der Waals surface area contributed by atoms with Crippen LogP contribution in [0.2, 0.25) is 0 Å². The third-order valence-corrected chi connectivity index (χ3v) is 3.89. The van der Waals surface area contributed by atoms with Gasteiger partial charge in [-0.25, -0.2) is 9.59 Å². The fourth-order valence-corrected chi connectivity index (χ4v) is 2.87. The molecule has 6 heteroatoms. The summed E-state index contributed by atoms with van der Waals surface area (Å²) in [6.07, 6.45) is 4.18. The van der Waals surface area contributed by atoms with Gasteiger partial charge in [-0.05, 0) is 33.1 Å². The molecule has 0 amide bonds. The second-order valence-corrected chi connectivity index (χ2v) is 5.37. The highest BCUT2D eigenvalue weighted by atomic mass is 16.5. The quantitative estimate of drug-likeness (QED) is 0.719. The number of hydrogen-bond donors (Lipinski definition) is 0. The topological polar surface area (TPSA) is 65.1 Å². The molecule has 0 atom stereocenters. The molecule has 6 nitrogen and oxygen atoms in total. The van der Waals surface area contributed by atoms with Crippen molar-refractivity contribution in [3.8, 4) is 0 Å². The van der Waals surface area contributed by atoms with Gasteiger partial charge in [-0.2, -0.15) is 0 Å². The van der Waals surface area contributed by atoms with Gasteiger partial charge in [0.15, 0.2) is 0 Å². The Kier molecular flexibility index (Phi) is 6.65. The monoisotopic (exact) mass is 323 g/mol. The minimum absolute atomic E-state index is 0.273. The maximum Gasteiger partial charge on any atom is 0.340 e. The summed E-state index contributed by atoms with van der Waals surface area (Å²) in [5, 5.41) is 0. The number of carbonyl (C=O) groups is 2. The third-order valence-electron chi connectivity index (χ3n) is 3.89. The molecule has 0 N–H and O–H groups in total. The number of carbonyl (C=O) groups excluding carboxylic acids is 2. The number of hydrogen-bond acceptors (Lipinski definition) is 6. The van der Waals surface area contributed by atoms with Crippen LogP contribution in [0.1, 0.15) is 33.1 Å². The van der Waals surface area contributed by atoms with Crippen molar-refractivity contribution in [3.05, 3.63) is 22.9 Å². The predicted octanol–water partition coefficient (Wildman–Crippen LogP) is 1.81. The van der Waals surface area contributed by atoms with Crippen LogP contribution < -0.4 is 0 Å². The number of morpholine rings is 1. The first-order chi connectivity index (χ1) is 11.2. The van der Waals surface area contributed by atoms with Gasteiger partial charge in [-0.3, -0.25) is 0 Å². The van der Waals surface area contributed by atoms with Gasteiger partial charge in [-0.1, -0.05) is 6.08 Å². The molecule has 23 heavy (non-hydrogen) atoms. The van der Waals surface area contributed by atoms with Gasteiger partial charge >= 0.3 is 11.9 Å². The van der Waals surface area contributed by atoms with Crippen LogP contribution in [-0.2, 0) is 23.8 Å². The van der Waals surface area contributed by atoms with Crippen LogP contribution in [0.3, 0.4) is 0 Å². The van der Waals surface area contributed by atoms with Crippen LogP contribution in [0.25, 0.3) is 0 Å². The summed E-state index contributed by atoms with van der Waals surface area (Å²) in [5.41, 5.74) is 1.58. The van der Waals surface area contributed by atoms with E-state index in [4.69, 9.17) is 14.2 Å².